The quantitative estimate of drug-likeness (QED) is 0.233. The van der Waals surface area contributed by atoms with Gasteiger partial charge in [0, 0.05) is 38.9 Å². The van der Waals surface area contributed by atoms with E-state index in [1.54, 1.807) is 0 Å². The molecule has 1 aromatic rings. The Morgan fingerprint density at radius 2 is 1.94 bits per heavy atom. The van der Waals surface area contributed by atoms with E-state index < -0.39 is 0 Å². The number of halogens is 1. The second-order valence-corrected chi connectivity index (χ2v) is 8.08. The molecule has 1 heterocycles. The number of hydrogen-bond donors (Lipinski definition) is 2. The van der Waals surface area contributed by atoms with Crippen molar-refractivity contribution in [3.05, 3.63) is 29.8 Å². The minimum Gasteiger partial charge on any atom is -0.492 e. The molecule has 0 radical (unpaired) electrons. The maximum absolute atomic E-state index is 6.02. The maximum Gasteiger partial charge on any atom is 0.191 e. The van der Waals surface area contributed by atoms with E-state index in [1.807, 2.05) is 12.1 Å². The number of ether oxygens (including phenoxy) is 2. The molecule has 1 fully saturated rings. The minimum atomic E-state index is 0. The van der Waals surface area contributed by atoms with Crippen molar-refractivity contribution < 1.29 is 9.47 Å². The van der Waals surface area contributed by atoms with Crippen LogP contribution < -0.4 is 15.4 Å². The second-order valence-electron chi connectivity index (χ2n) is 8.08. The number of hydrogen-bond acceptors (Lipinski definition) is 4. The van der Waals surface area contributed by atoms with Gasteiger partial charge in [0.25, 0.3) is 0 Å². The van der Waals surface area contributed by atoms with Crippen molar-refractivity contribution in [2.75, 3.05) is 46.5 Å². The number of nitrogens with zero attached hydrogens (tertiary/aromatic N) is 2. The molecule has 178 valence electrons. The van der Waals surface area contributed by atoms with Crippen molar-refractivity contribution in [1.82, 2.24) is 15.5 Å². The van der Waals surface area contributed by atoms with Crippen LogP contribution in [-0.2, 0) is 11.3 Å². The van der Waals surface area contributed by atoms with Gasteiger partial charge < -0.3 is 20.1 Å². The van der Waals surface area contributed by atoms with Gasteiger partial charge >= 0.3 is 0 Å². The molecule has 1 aliphatic rings. The molecular weight excluding hydrogens is 503 g/mol. The van der Waals surface area contributed by atoms with Crippen molar-refractivity contribution in [3.63, 3.8) is 0 Å². The molecule has 2 N–H and O–H groups in total. The third-order valence-electron chi connectivity index (χ3n) is 5.90. The molecule has 0 amide bonds. The molecule has 7 heteroatoms. The standard InChI is InChI=1S/C24H42N4O2.HI/c1-5-20(6-2)18-26-24(25-7-3)27-19-21-9-8-10-23(17-21)30-16-13-28(4)22-11-14-29-15-12-22;/h8-10,17,20,22H,5-7,11-16,18-19H2,1-4H3,(H2,25,26,27);1H. The molecule has 0 unspecified atom stereocenters. The molecule has 31 heavy (non-hydrogen) atoms. The fourth-order valence-electron chi connectivity index (χ4n) is 3.68. The third-order valence-corrected chi connectivity index (χ3v) is 5.90. The van der Waals surface area contributed by atoms with Crippen molar-refractivity contribution in [1.29, 1.82) is 0 Å². The van der Waals surface area contributed by atoms with Gasteiger partial charge in [0.1, 0.15) is 12.4 Å². The lowest BCUT2D eigenvalue weighted by Crippen LogP contribution is -2.39. The SMILES string of the molecule is CCNC(=NCc1cccc(OCCN(C)C2CCOCC2)c1)NCC(CC)CC.I. The molecule has 2 rings (SSSR count). The molecule has 1 saturated heterocycles. The van der Waals surface area contributed by atoms with Crippen LogP contribution in [0.2, 0.25) is 0 Å². The van der Waals surface area contributed by atoms with Gasteiger partial charge in [-0.15, -0.1) is 24.0 Å². The molecule has 0 bridgehead atoms. The smallest absolute Gasteiger partial charge is 0.191 e. The van der Waals surface area contributed by atoms with Crippen LogP contribution in [0.3, 0.4) is 0 Å². The number of aliphatic imine (C=N–C) groups is 1. The second kappa shape index (κ2) is 16.6. The Morgan fingerprint density at radius 3 is 2.61 bits per heavy atom. The molecule has 1 aromatic carbocycles. The Bertz CT molecular complexity index is 619. The molecule has 0 aliphatic carbocycles. The van der Waals surface area contributed by atoms with E-state index in [-0.39, 0.29) is 24.0 Å². The van der Waals surface area contributed by atoms with Crippen molar-refractivity contribution in [2.24, 2.45) is 10.9 Å². The lowest BCUT2D eigenvalue weighted by Gasteiger charge is -2.31. The molecular formula is C24H43IN4O2. The third kappa shape index (κ3) is 10.9. The summed E-state index contributed by atoms with van der Waals surface area (Å²) in [6.45, 7) is 12.4. The van der Waals surface area contributed by atoms with Crippen molar-refractivity contribution in [3.8, 4) is 5.75 Å². The van der Waals surface area contributed by atoms with E-state index in [4.69, 9.17) is 14.5 Å². The van der Waals surface area contributed by atoms with E-state index in [9.17, 15) is 0 Å². The Labute approximate surface area is 206 Å². The highest BCUT2D eigenvalue weighted by Crippen LogP contribution is 2.16. The van der Waals surface area contributed by atoms with Crippen LogP contribution in [0.15, 0.2) is 29.3 Å². The average Bonchev–Trinajstić information content (AvgIpc) is 2.79. The maximum atomic E-state index is 6.02. The Balaban J connectivity index is 0.00000480. The van der Waals surface area contributed by atoms with Crippen molar-refractivity contribution in [2.45, 2.75) is 59.0 Å². The van der Waals surface area contributed by atoms with E-state index in [1.165, 1.54) is 12.8 Å². The first-order valence-electron chi connectivity index (χ1n) is 11.7. The summed E-state index contributed by atoms with van der Waals surface area (Å²) in [4.78, 5) is 7.15. The van der Waals surface area contributed by atoms with Gasteiger partial charge in [-0.1, -0.05) is 38.8 Å². The highest BCUT2D eigenvalue weighted by Gasteiger charge is 2.17. The summed E-state index contributed by atoms with van der Waals surface area (Å²) >= 11 is 0. The predicted octanol–water partition coefficient (Wildman–Crippen LogP) is 4.29. The van der Waals surface area contributed by atoms with Gasteiger partial charge in [-0.3, -0.25) is 4.90 Å². The summed E-state index contributed by atoms with van der Waals surface area (Å²) in [5.74, 6) is 2.48. The molecule has 6 nitrogen and oxygen atoms in total. The van der Waals surface area contributed by atoms with Crippen LogP contribution in [0.5, 0.6) is 5.75 Å². The first-order chi connectivity index (χ1) is 14.7. The minimum absolute atomic E-state index is 0. The van der Waals surface area contributed by atoms with Gasteiger partial charge in [0.2, 0.25) is 0 Å². The number of guanidine groups is 1. The molecule has 0 spiro atoms. The predicted molar refractivity (Wildman–Crippen MR) is 141 cm³/mol. The number of benzene rings is 1. The summed E-state index contributed by atoms with van der Waals surface area (Å²) in [7, 11) is 2.18. The summed E-state index contributed by atoms with van der Waals surface area (Å²) in [6.07, 6.45) is 4.60. The highest BCUT2D eigenvalue weighted by atomic mass is 127. The van der Waals surface area contributed by atoms with Gasteiger partial charge in [-0.05, 0) is 50.4 Å². The van der Waals surface area contributed by atoms with Gasteiger partial charge in [0.15, 0.2) is 5.96 Å². The summed E-state index contributed by atoms with van der Waals surface area (Å²) in [5, 5.41) is 6.82. The zero-order valence-electron chi connectivity index (χ0n) is 19.9. The van der Waals surface area contributed by atoms with Gasteiger partial charge in [-0.25, -0.2) is 4.99 Å². The summed E-state index contributed by atoms with van der Waals surface area (Å²) in [5.41, 5.74) is 1.16. The molecule has 0 aromatic heterocycles. The Morgan fingerprint density at radius 1 is 1.19 bits per heavy atom. The molecule has 1 aliphatic heterocycles. The lowest BCUT2D eigenvalue weighted by atomic mass is 10.0. The Hall–Kier alpha value is -1.06. The summed E-state index contributed by atoms with van der Waals surface area (Å²) < 4.78 is 11.5. The fraction of sp³-hybridized carbons (Fsp3) is 0.708. The van der Waals surface area contributed by atoms with Crippen LogP contribution >= 0.6 is 24.0 Å². The first kappa shape index (κ1) is 28.0. The zero-order chi connectivity index (χ0) is 21.6. The largest absolute Gasteiger partial charge is 0.492 e. The van der Waals surface area contributed by atoms with Crippen molar-refractivity contribution >= 4 is 29.9 Å². The van der Waals surface area contributed by atoms with E-state index in [0.717, 1.165) is 63.0 Å². The van der Waals surface area contributed by atoms with E-state index in [0.29, 0.717) is 25.1 Å². The van der Waals surface area contributed by atoms with Gasteiger partial charge in [-0.2, -0.15) is 0 Å². The first-order valence-corrected chi connectivity index (χ1v) is 11.7. The van der Waals surface area contributed by atoms with Crippen LogP contribution in [-0.4, -0.2) is 63.4 Å². The Kier molecular flexibility index (Phi) is 14.9. The normalized spacial score (nSPS) is 15.1. The fourth-order valence-corrected chi connectivity index (χ4v) is 3.68. The zero-order valence-corrected chi connectivity index (χ0v) is 22.2. The highest BCUT2D eigenvalue weighted by molar-refractivity contribution is 14.0. The molecule has 0 saturated carbocycles. The summed E-state index contributed by atoms with van der Waals surface area (Å²) in [6, 6.07) is 8.89. The number of likely N-dealkylation sites (N-methyl/N-ethyl adjacent to an activating group) is 1. The van der Waals surface area contributed by atoms with Crippen LogP contribution in [0.4, 0.5) is 0 Å². The topological polar surface area (TPSA) is 58.1 Å². The van der Waals surface area contributed by atoms with E-state index >= 15 is 0 Å². The number of nitrogens with one attached hydrogen (secondary N) is 2. The lowest BCUT2D eigenvalue weighted by molar-refractivity contribution is 0.0392. The van der Waals surface area contributed by atoms with Crippen LogP contribution in [0.25, 0.3) is 0 Å². The molecule has 0 atom stereocenters. The number of rotatable bonds is 12. The van der Waals surface area contributed by atoms with E-state index in [2.05, 4.69) is 55.5 Å². The van der Waals surface area contributed by atoms with Gasteiger partial charge in [0.05, 0.1) is 6.54 Å². The average molecular weight is 547 g/mol. The van der Waals surface area contributed by atoms with Crippen LogP contribution in [0.1, 0.15) is 52.0 Å². The monoisotopic (exact) mass is 546 g/mol. The van der Waals surface area contributed by atoms with Crippen LogP contribution in [0, 0.1) is 5.92 Å².